The monoisotopic (exact) mass is 596 g/mol. The van der Waals surface area contributed by atoms with E-state index in [0.717, 1.165) is 37.3 Å². The number of nitrogens with one attached hydrogen (secondary N) is 2. The van der Waals surface area contributed by atoms with Crippen molar-refractivity contribution in [2.24, 2.45) is 0 Å². The molecule has 0 unspecified atom stereocenters. The van der Waals surface area contributed by atoms with Crippen molar-refractivity contribution in [3.8, 4) is 0 Å². The Hall–Kier alpha value is -3.84. The summed E-state index contributed by atoms with van der Waals surface area (Å²) in [6.45, 7) is 3.93. The molecular weight excluding hydrogens is 559 g/mol. The molecule has 3 aromatic rings. The molecule has 2 N–H and O–H groups in total. The minimum Gasteiger partial charge on any atom is -0.351 e. The van der Waals surface area contributed by atoms with Crippen molar-refractivity contribution < 1.29 is 17.6 Å². The first-order chi connectivity index (χ1) is 20.0. The number of rotatable bonds is 9. The number of halogens is 1. The number of sulfonamides is 1. The molecule has 0 radical (unpaired) electrons. The van der Waals surface area contributed by atoms with Gasteiger partial charge in [-0.2, -0.15) is 4.98 Å². The molecular formula is C29H37FN8O3S. The number of benzene rings is 1. The lowest BCUT2D eigenvalue weighted by molar-refractivity contribution is 0.221. The Morgan fingerprint density at radius 3 is 2.50 bits per heavy atom. The first-order valence-corrected chi connectivity index (χ1v) is 15.8. The number of carbonyl (C=O) groups is 1. The predicted octanol–water partition coefficient (Wildman–Crippen LogP) is 4.59. The second-order valence-electron chi connectivity index (χ2n) is 11.3. The molecule has 0 bridgehead atoms. The zero-order valence-corrected chi connectivity index (χ0v) is 25.1. The molecule has 1 saturated carbocycles. The van der Waals surface area contributed by atoms with Gasteiger partial charge in [-0.15, -0.1) is 0 Å². The number of carbonyl (C=O) groups excluding carboxylic acids is 1. The van der Waals surface area contributed by atoms with Crippen molar-refractivity contribution in [2.45, 2.75) is 70.0 Å². The molecule has 1 fully saturated rings. The second-order valence-corrected chi connectivity index (χ2v) is 13.1. The topological polar surface area (TPSA) is 124 Å². The van der Waals surface area contributed by atoms with Crippen molar-refractivity contribution in [3.05, 3.63) is 65.9 Å². The van der Waals surface area contributed by atoms with Gasteiger partial charge in [-0.25, -0.2) is 22.6 Å². The summed E-state index contributed by atoms with van der Waals surface area (Å²) in [5.74, 6) is -0.174. The van der Waals surface area contributed by atoms with Crippen LogP contribution >= 0.6 is 0 Å². The van der Waals surface area contributed by atoms with Crippen molar-refractivity contribution in [3.63, 3.8) is 0 Å². The van der Waals surface area contributed by atoms with Gasteiger partial charge in [-0.1, -0.05) is 6.07 Å². The van der Waals surface area contributed by atoms with Gasteiger partial charge in [-0.3, -0.25) is 19.5 Å². The average molecular weight is 597 g/mol. The van der Waals surface area contributed by atoms with Crippen molar-refractivity contribution in [2.75, 3.05) is 33.9 Å². The molecule has 0 saturated heterocycles. The van der Waals surface area contributed by atoms with Gasteiger partial charge in [0.25, 0.3) is 0 Å². The van der Waals surface area contributed by atoms with Crippen LogP contribution in [0.25, 0.3) is 0 Å². The summed E-state index contributed by atoms with van der Waals surface area (Å²) in [6, 6.07) is 9.21. The van der Waals surface area contributed by atoms with Gasteiger partial charge in [0, 0.05) is 41.8 Å². The Kier molecular flexibility index (Phi) is 8.60. The van der Waals surface area contributed by atoms with Crippen molar-refractivity contribution >= 4 is 39.2 Å². The predicted molar refractivity (Wildman–Crippen MR) is 161 cm³/mol. The third-order valence-electron chi connectivity index (χ3n) is 7.71. The number of anilines is 4. The molecule has 1 aromatic carbocycles. The van der Waals surface area contributed by atoms with Crippen LogP contribution in [0.15, 0.2) is 48.8 Å². The van der Waals surface area contributed by atoms with Gasteiger partial charge in [0.15, 0.2) is 0 Å². The van der Waals surface area contributed by atoms with Crippen LogP contribution in [-0.2, 0) is 22.3 Å². The van der Waals surface area contributed by atoms with Crippen LogP contribution in [-0.4, -0.2) is 66.5 Å². The van der Waals surface area contributed by atoms with Crippen LogP contribution in [0, 0.1) is 5.82 Å². The van der Waals surface area contributed by atoms with E-state index in [1.165, 1.54) is 23.2 Å². The number of fused-ring (bicyclic) bond motifs is 1. The minimum absolute atomic E-state index is 0.149. The van der Waals surface area contributed by atoms with E-state index in [1.807, 2.05) is 13.8 Å². The normalized spacial score (nSPS) is 19.3. The van der Waals surface area contributed by atoms with Crippen LogP contribution < -0.4 is 19.8 Å². The number of aromatic nitrogens is 3. The smallest absolute Gasteiger partial charge is 0.330 e. The van der Waals surface area contributed by atoms with E-state index >= 15 is 4.39 Å². The van der Waals surface area contributed by atoms with Gasteiger partial charge in [-0.05, 0) is 84.0 Å². The first-order valence-electron chi connectivity index (χ1n) is 14.1. The minimum atomic E-state index is -3.91. The van der Waals surface area contributed by atoms with Crippen molar-refractivity contribution in [1.82, 2.24) is 19.9 Å². The molecule has 42 heavy (non-hydrogen) atoms. The summed E-state index contributed by atoms with van der Waals surface area (Å²) in [6.07, 6.45) is 7.44. The fourth-order valence-corrected chi connectivity index (χ4v) is 6.60. The maximum Gasteiger partial charge on any atom is 0.330 e. The highest BCUT2D eigenvalue weighted by molar-refractivity contribution is 7.91. The van der Waals surface area contributed by atoms with Gasteiger partial charge in [0.05, 0.1) is 17.9 Å². The lowest BCUT2D eigenvalue weighted by Gasteiger charge is -2.38. The van der Waals surface area contributed by atoms with E-state index in [9.17, 15) is 13.2 Å². The SMILES string of the molecule is CC(C)N1C(=O)N(c2ccc(NS(=O)(=O)Cc3ccccn3)c(F)c2)Cc2cnc(NC3CCC(N(C)C)CC3)nc21. The highest BCUT2D eigenvalue weighted by Gasteiger charge is 2.35. The van der Waals surface area contributed by atoms with E-state index in [-0.39, 0.29) is 30.3 Å². The van der Waals surface area contributed by atoms with Gasteiger partial charge in [0.2, 0.25) is 16.0 Å². The summed E-state index contributed by atoms with van der Waals surface area (Å²) < 4.78 is 42.6. The molecule has 11 nitrogen and oxygen atoms in total. The summed E-state index contributed by atoms with van der Waals surface area (Å²) >= 11 is 0. The fourth-order valence-electron chi connectivity index (χ4n) is 5.47. The van der Waals surface area contributed by atoms with Gasteiger partial charge >= 0.3 is 6.03 Å². The largest absolute Gasteiger partial charge is 0.351 e. The second kappa shape index (κ2) is 12.2. The van der Waals surface area contributed by atoms with Crippen LogP contribution in [0.3, 0.4) is 0 Å². The van der Waals surface area contributed by atoms with E-state index < -0.39 is 21.6 Å². The number of urea groups is 1. The molecule has 2 amide bonds. The number of pyridine rings is 1. The van der Waals surface area contributed by atoms with E-state index in [1.54, 1.807) is 29.3 Å². The third-order valence-corrected chi connectivity index (χ3v) is 8.91. The molecule has 1 aliphatic carbocycles. The standard InChI is InChI=1S/C29H37FN8O3S/c1-19(2)38-27-20(16-32-28(34-27)33-21-8-10-23(11-9-21)36(3)4)17-37(29(38)39)24-12-13-26(25(30)15-24)35-42(40,41)18-22-7-5-6-14-31-22/h5-7,12-16,19,21,23,35H,8-11,17-18H2,1-4H3,(H,32,33,34). The quantitative estimate of drug-likeness (QED) is 0.368. The van der Waals surface area contributed by atoms with E-state index in [0.29, 0.717) is 29.2 Å². The Morgan fingerprint density at radius 2 is 1.86 bits per heavy atom. The van der Waals surface area contributed by atoms with Crippen LogP contribution in [0.1, 0.15) is 50.8 Å². The van der Waals surface area contributed by atoms with Crippen LogP contribution in [0.4, 0.5) is 32.3 Å². The average Bonchev–Trinajstić information content (AvgIpc) is 2.94. The molecule has 5 rings (SSSR count). The summed E-state index contributed by atoms with van der Waals surface area (Å²) in [5.41, 5.74) is 1.15. The fraction of sp³-hybridized carbons (Fsp3) is 0.448. The summed E-state index contributed by atoms with van der Waals surface area (Å²) in [5, 5.41) is 3.45. The first kappa shape index (κ1) is 29.6. The van der Waals surface area contributed by atoms with Crippen molar-refractivity contribution in [1.29, 1.82) is 0 Å². The molecule has 0 atom stereocenters. The maximum absolute atomic E-state index is 15.2. The number of amides is 2. The Morgan fingerprint density at radius 1 is 1.10 bits per heavy atom. The molecule has 1 aliphatic heterocycles. The molecule has 0 spiro atoms. The number of nitrogens with zero attached hydrogens (tertiary/aromatic N) is 6. The summed E-state index contributed by atoms with van der Waals surface area (Å²) in [4.78, 5) is 32.3. The summed E-state index contributed by atoms with van der Waals surface area (Å²) in [7, 11) is 0.318. The van der Waals surface area contributed by atoms with Crippen LogP contribution in [0.2, 0.25) is 0 Å². The maximum atomic E-state index is 15.2. The van der Waals surface area contributed by atoms with E-state index in [2.05, 4.69) is 39.0 Å². The molecule has 2 aliphatic rings. The Labute approximate surface area is 246 Å². The third kappa shape index (κ3) is 6.62. The van der Waals surface area contributed by atoms with Crippen LogP contribution in [0.5, 0.6) is 0 Å². The zero-order valence-electron chi connectivity index (χ0n) is 24.3. The number of hydrogen-bond acceptors (Lipinski definition) is 8. The Bertz CT molecular complexity index is 1530. The Balaban J connectivity index is 1.32. The highest BCUT2D eigenvalue weighted by Crippen LogP contribution is 2.34. The molecule has 13 heteroatoms. The molecule has 224 valence electrons. The van der Waals surface area contributed by atoms with E-state index in [4.69, 9.17) is 4.98 Å². The van der Waals surface area contributed by atoms with Gasteiger partial charge < -0.3 is 10.2 Å². The zero-order chi connectivity index (χ0) is 30.0. The lowest BCUT2D eigenvalue weighted by atomic mass is 9.91. The lowest BCUT2D eigenvalue weighted by Crippen LogP contribution is -2.51. The molecule has 3 heterocycles. The number of hydrogen-bond donors (Lipinski definition) is 2. The molecule has 2 aromatic heterocycles. The van der Waals surface area contributed by atoms with Gasteiger partial charge in [0.1, 0.15) is 17.4 Å². The highest BCUT2D eigenvalue weighted by atomic mass is 32.2.